The number of aromatic nitrogens is 2. The molecule has 0 spiro atoms. The number of rotatable bonds is 6. The summed E-state index contributed by atoms with van der Waals surface area (Å²) in [6.45, 7) is 4.21. The highest BCUT2D eigenvalue weighted by Crippen LogP contribution is 2.14. The van der Waals surface area contributed by atoms with Crippen LogP contribution in [-0.4, -0.2) is 15.8 Å². The molecule has 0 aliphatic rings. The molecule has 1 aromatic heterocycles. The Morgan fingerprint density at radius 3 is 2.67 bits per heavy atom. The number of hydrogen-bond acceptors (Lipinski definition) is 2. The summed E-state index contributed by atoms with van der Waals surface area (Å²) in [6, 6.07) is 5.63. The van der Waals surface area contributed by atoms with Crippen LogP contribution in [0.2, 0.25) is 0 Å². The fourth-order valence-electron chi connectivity index (χ4n) is 2.23. The Morgan fingerprint density at radius 2 is 2.00 bits per heavy atom. The van der Waals surface area contributed by atoms with E-state index in [1.807, 2.05) is 16.9 Å². The Labute approximate surface area is 123 Å². The summed E-state index contributed by atoms with van der Waals surface area (Å²) >= 11 is 0. The smallest absolute Gasteiger partial charge is 0.129 e. The third-order valence-electron chi connectivity index (χ3n) is 3.67. The van der Waals surface area contributed by atoms with Gasteiger partial charge in [0.05, 0.1) is 5.69 Å². The molecule has 2 unspecified atom stereocenters. The van der Waals surface area contributed by atoms with E-state index in [9.17, 15) is 8.78 Å². The van der Waals surface area contributed by atoms with Gasteiger partial charge in [0.25, 0.3) is 0 Å². The molecule has 0 aliphatic heterocycles. The van der Waals surface area contributed by atoms with Crippen LogP contribution in [0.5, 0.6) is 0 Å². The van der Waals surface area contributed by atoms with Crippen LogP contribution < -0.4 is 5.73 Å². The third kappa shape index (κ3) is 4.11. The molecule has 21 heavy (non-hydrogen) atoms. The van der Waals surface area contributed by atoms with Crippen LogP contribution in [0.3, 0.4) is 0 Å². The predicted octanol–water partition coefficient (Wildman–Crippen LogP) is 3.24. The summed E-state index contributed by atoms with van der Waals surface area (Å²) in [5.41, 5.74) is 7.38. The van der Waals surface area contributed by atoms with E-state index in [1.54, 1.807) is 0 Å². The van der Waals surface area contributed by atoms with E-state index in [2.05, 4.69) is 18.9 Å². The zero-order valence-corrected chi connectivity index (χ0v) is 12.4. The first-order chi connectivity index (χ1) is 9.99. The first-order valence-corrected chi connectivity index (χ1v) is 7.23. The maximum atomic E-state index is 13.6. The molecule has 2 aromatic rings. The number of halogens is 2. The molecule has 2 atom stereocenters. The van der Waals surface area contributed by atoms with Crippen molar-refractivity contribution in [2.45, 2.75) is 45.2 Å². The fraction of sp³-hybridized carbons (Fsp3) is 0.438. The van der Waals surface area contributed by atoms with Crippen molar-refractivity contribution in [2.24, 2.45) is 5.73 Å². The largest absolute Gasteiger partial charge is 0.327 e. The van der Waals surface area contributed by atoms with Crippen LogP contribution in [0, 0.1) is 11.6 Å². The van der Waals surface area contributed by atoms with Crippen molar-refractivity contribution in [1.29, 1.82) is 0 Å². The van der Waals surface area contributed by atoms with Crippen molar-refractivity contribution in [3.8, 4) is 0 Å². The monoisotopic (exact) mass is 293 g/mol. The van der Waals surface area contributed by atoms with E-state index in [0.29, 0.717) is 24.4 Å². The molecule has 0 radical (unpaired) electrons. The molecular weight excluding hydrogens is 272 g/mol. The van der Waals surface area contributed by atoms with Gasteiger partial charge < -0.3 is 5.73 Å². The van der Waals surface area contributed by atoms with Gasteiger partial charge in [-0.3, -0.25) is 4.68 Å². The Morgan fingerprint density at radius 1 is 1.24 bits per heavy atom. The van der Waals surface area contributed by atoms with Crippen molar-refractivity contribution >= 4 is 0 Å². The predicted molar refractivity (Wildman–Crippen MR) is 79.0 cm³/mol. The normalized spacial score (nSPS) is 14.1. The molecule has 3 nitrogen and oxygen atoms in total. The van der Waals surface area contributed by atoms with E-state index in [4.69, 9.17) is 5.73 Å². The van der Waals surface area contributed by atoms with Gasteiger partial charge >= 0.3 is 0 Å². The van der Waals surface area contributed by atoms with Crippen LogP contribution >= 0.6 is 0 Å². The van der Waals surface area contributed by atoms with Crippen LogP contribution in [0.4, 0.5) is 8.78 Å². The molecule has 0 saturated carbocycles. The van der Waals surface area contributed by atoms with Crippen molar-refractivity contribution < 1.29 is 8.78 Å². The molecule has 5 heteroatoms. The summed E-state index contributed by atoms with van der Waals surface area (Å²) in [7, 11) is 0. The zero-order valence-electron chi connectivity index (χ0n) is 12.4. The van der Waals surface area contributed by atoms with Gasteiger partial charge in [-0.1, -0.05) is 13.0 Å². The molecule has 1 aromatic carbocycles. The van der Waals surface area contributed by atoms with E-state index >= 15 is 0 Å². The average Bonchev–Trinajstić information content (AvgIpc) is 2.89. The maximum Gasteiger partial charge on any atom is 0.129 e. The highest BCUT2D eigenvalue weighted by molar-refractivity contribution is 5.20. The van der Waals surface area contributed by atoms with Crippen molar-refractivity contribution in [3.63, 3.8) is 0 Å². The number of benzene rings is 1. The number of hydrogen-bond donors (Lipinski definition) is 1. The van der Waals surface area contributed by atoms with Crippen molar-refractivity contribution in [2.75, 3.05) is 0 Å². The molecular formula is C16H21F2N3. The first kappa shape index (κ1) is 15.6. The summed E-state index contributed by atoms with van der Waals surface area (Å²) < 4.78 is 28.4. The van der Waals surface area contributed by atoms with E-state index < -0.39 is 11.6 Å². The molecule has 0 aliphatic carbocycles. The van der Waals surface area contributed by atoms with E-state index in [-0.39, 0.29) is 6.04 Å². The minimum atomic E-state index is -0.572. The standard InChI is InChI=1S/C16H21F2N3/c1-3-11(2)21-7-6-15(20-21)10-14(19)8-12-4-5-13(17)9-16(12)18/h4-7,9,11,14H,3,8,10,19H2,1-2H3. The Bertz CT molecular complexity index is 595. The van der Waals surface area contributed by atoms with Gasteiger partial charge in [-0.2, -0.15) is 5.10 Å². The quantitative estimate of drug-likeness (QED) is 0.888. The van der Waals surface area contributed by atoms with Crippen molar-refractivity contribution in [1.82, 2.24) is 9.78 Å². The number of nitrogens with zero attached hydrogens (tertiary/aromatic N) is 2. The van der Waals surface area contributed by atoms with Crippen LogP contribution in [0.1, 0.15) is 37.6 Å². The maximum absolute atomic E-state index is 13.6. The molecule has 0 fully saturated rings. The lowest BCUT2D eigenvalue weighted by molar-refractivity contribution is 0.471. The Balaban J connectivity index is 1.98. The lowest BCUT2D eigenvalue weighted by Crippen LogP contribution is -2.26. The lowest BCUT2D eigenvalue weighted by atomic mass is 10.0. The van der Waals surface area contributed by atoms with Gasteiger partial charge in [0.2, 0.25) is 0 Å². The SMILES string of the molecule is CCC(C)n1ccc(CC(N)Cc2ccc(F)cc2F)n1. The van der Waals surface area contributed by atoms with E-state index in [1.165, 1.54) is 12.1 Å². The third-order valence-corrected chi connectivity index (χ3v) is 3.67. The second-order valence-electron chi connectivity index (χ2n) is 5.45. The van der Waals surface area contributed by atoms with Gasteiger partial charge in [-0.15, -0.1) is 0 Å². The summed E-state index contributed by atoms with van der Waals surface area (Å²) in [5.74, 6) is -1.12. The van der Waals surface area contributed by atoms with Crippen molar-refractivity contribution in [3.05, 3.63) is 53.4 Å². The first-order valence-electron chi connectivity index (χ1n) is 7.23. The van der Waals surface area contributed by atoms with Crippen LogP contribution in [-0.2, 0) is 12.8 Å². The minimum Gasteiger partial charge on any atom is -0.327 e. The van der Waals surface area contributed by atoms with Gasteiger partial charge in [0, 0.05) is 30.8 Å². The molecule has 2 N–H and O–H groups in total. The summed E-state index contributed by atoms with van der Waals surface area (Å²) in [4.78, 5) is 0. The summed E-state index contributed by atoms with van der Waals surface area (Å²) in [5, 5.41) is 4.48. The molecule has 2 rings (SSSR count). The molecule has 1 heterocycles. The van der Waals surface area contributed by atoms with Gasteiger partial charge in [0.15, 0.2) is 0 Å². The number of nitrogens with two attached hydrogens (primary N) is 1. The minimum absolute atomic E-state index is 0.245. The lowest BCUT2D eigenvalue weighted by Gasteiger charge is -2.12. The molecule has 0 amide bonds. The topological polar surface area (TPSA) is 43.8 Å². The zero-order chi connectivity index (χ0) is 15.4. The average molecular weight is 293 g/mol. The van der Waals surface area contributed by atoms with E-state index in [0.717, 1.165) is 18.2 Å². The molecule has 0 bridgehead atoms. The van der Waals surface area contributed by atoms with Gasteiger partial charge in [-0.25, -0.2) is 8.78 Å². The highest BCUT2D eigenvalue weighted by Gasteiger charge is 2.12. The van der Waals surface area contributed by atoms with Crippen LogP contribution in [0.25, 0.3) is 0 Å². The van der Waals surface area contributed by atoms with Crippen LogP contribution in [0.15, 0.2) is 30.5 Å². The second kappa shape index (κ2) is 6.80. The van der Waals surface area contributed by atoms with Gasteiger partial charge in [-0.05, 0) is 37.5 Å². The highest BCUT2D eigenvalue weighted by atomic mass is 19.1. The Hall–Kier alpha value is -1.75. The fourth-order valence-corrected chi connectivity index (χ4v) is 2.23. The molecule has 0 saturated heterocycles. The second-order valence-corrected chi connectivity index (χ2v) is 5.45. The summed E-state index contributed by atoms with van der Waals surface area (Å²) in [6.07, 6.45) is 3.88. The molecule has 114 valence electrons. The Kier molecular flexibility index (Phi) is 5.07. The van der Waals surface area contributed by atoms with Gasteiger partial charge in [0.1, 0.15) is 11.6 Å².